The van der Waals surface area contributed by atoms with E-state index in [0.29, 0.717) is 115 Å². The lowest BCUT2D eigenvalue weighted by molar-refractivity contribution is -0.156. The number of carboxylic acid groups (broad SMARTS) is 1. The first kappa shape index (κ1) is 114. The SMILES string of the molecule is CC(C)(O)C#Cc1ccc(Br)c([C@@H](CC(=O)OC(C)(C)C)Cc2cc(F)cc(F)c2)n1.Cn1nc(N)c2c(Cl)ccc(-c3ccc(C#CC(C)(C)O)nc3[C@@H](CC(=O)OC(C)(C)C)Cc3cc(F)cc(F)c3)c21.Cn1nc(N)c2c(Cl)ccc(-c3ccc(C#CC(C)(C)O)nc3[C@@H](N)Cc3cc(F)cc(F)c3)c21.Cn1nc(N)c2c(Cl)ccc(B3OC(C)(C)C(C)(C)O3)c21.O=C(O)Cn1nc(C(F)(F)F)c2c1C(F)(F)[C@@H]1C[C@H]21. The number of anilines is 3. The van der Waals surface area contributed by atoms with Crippen LogP contribution in [-0.2, 0) is 92.2 Å². The van der Waals surface area contributed by atoms with Crippen LogP contribution in [0, 0.1) is 76.3 Å². The molecule has 6 aromatic carbocycles. The van der Waals surface area contributed by atoms with Gasteiger partial charge in [0, 0.05) is 94.8 Å². The third-order valence-corrected chi connectivity index (χ3v) is 25.3. The number of carbonyl (C=O) groups excluding carboxylic acids is 2. The summed E-state index contributed by atoms with van der Waals surface area (Å²) < 4.78 is 179. The molecule has 782 valence electrons. The van der Waals surface area contributed by atoms with E-state index in [1.54, 1.807) is 160 Å². The highest BCUT2D eigenvalue weighted by molar-refractivity contribution is 9.10. The molecule has 0 bridgehead atoms. The first-order valence-corrected chi connectivity index (χ1v) is 48.2. The van der Waals surface area contributed by atoms with Crippen LogP contribution >= 0.6 is 50.7 Å². The van der Waals surface area contributed by atoms with E-state index in [9.17, 15) is 78.0 Å². The standard InChI is InChI=1S/C32H33ClF2N4O3.C26H24ClF2N5O.C24H26BrF2NO3.C14H19BClN3O2.C10H7F5N2O2/c1-31(2,3)42-26(40)16-19(13-18-14-20(34)17-21(35)15-18)28-23(8-7-22(37-28)11-12-32(4,5)41)24-9-10-25(33)27-29(24)39(6)38-30(27)36;1-26(2,35)9-8-17-4-5-18(19-6-7-20(27)22-24(19)34(3)33-25(22)31)23(32-17)21(30)12-14-10-15(28)13-16(29)11-14;1-23(2,3)31-21(29)13-16(10-15-11-17(26)14-18(27)12-15)22-20(25)7-6-19(28-22)8-9-24(4,5)30;1-13(2)14(3,4)21-15(20-13)8-6-7-9(16)10-11(8)19(5)18-12(10)17;11-9(12)4-1-3(4)6-7(10(13,14)15)16-17(8(6)9)2-5(18)19/h7-10,14-15,17,19,41H,13,16H2,1-6H3,(H2,36,38);4-7,10-11,13,21,35H,12,30H2,1-3H3,(H2,31,33);6-7,11-12,14,16,30H,10,13H2,1-5H3;6-7H,1-5H3,(H2,17,18);3-4H,1-2H2,(H,18,19)/t19-;21-;16-;;3-,4+/m101.0/s1. The Hall–Kier alpha value is -12.7. The molecule has 3 aliphatic rings. The molecule has 148 heavy (non-hydrogen) atoms. The van der Waals surface area contributed by atoms with Gasteiger partial charge in [-0.05, 0) is 284 Å². The highest BCUT2D eigenvalue weighted by Gasteiger charge is 2.68. The molecule has 0 unspecified atom stereocenters. The molecule has 0 radical (unpaired) electrons. The summed E-state index contributed by atoms with van der Waals surface area (Å²) in [6, 6.07) is 30.3. The van der Waals surface area contributed by atoms with Gasteiger partial charge in [-0.2, -0.15) is 42.3 Å². The number of nitrogens with zero attached hydrogens (tertiary/aromatic N) is 11. The minimum atomic E-state index is -4.86. The molecule has 42 heteroatoms. The number of carboxylic acids is 1. The summed E-state index contributed by atoms with van der Waals surface area (Å²) in [4.78, 5) is 50.3. The van der Waals surface area contributed by atoms with Crippen molar-refractivity contribution in [1.29, 1.82) is 0 Å². The summed E-state index contributed by atoms with van der Waals surface area (Å²) in [6.07, 6.45) is -4.68. The Labute approximate surface area is 870 Å². The third-order valence-electron chi connectivity index (χ3n) is 23.7. The van der Waals surface area contributed by atoms with Crippen molar-refractivity contribution in [2.45, 2.75) is 231 Å². The number of carbonyl (C=O) groups is 3. The molecule has 0 spiro atoms. The third kappa shape index (κ3) is 28.1. The van der Waals surface area contributed by atoms with Crippen molar-refractivity contribution < 1.29 is 102 Å². The predicted octanol–water partition coefficient (Wildman–Crippen LogP) is 20.4. The van der Waals surface area contributed by atoms with Crippen LogP contribution in [0.15, 0.2) is 132 Å². The summed E-state index contributed by atoms with van der Waals surface area (Å²) in [5, 5.41) is 57.9. The number of hydrogen-bond donors (Lipinski definition) is 8. The topological polar surface area (TPSA) is 383 Å². The normalized spacial score (nSPS) is 15.5. The van der Waals surface area contributed by atoms with Gasteiger partial charge in [0.1, 0.15) is 92.2 Å². The Balaban J connectivity index is 0.000000169. The minimum absolute atomic E-state index is 0.0121. The largest absolute Gasteiger partial charge is 0.497 e. The van der Waals surface area contributed by atoms with Crippen LogP contribution in [0.4, 0.5) is 65.7 Å². The molecule has 5 atom stereocenters. The zero-order valence-electron chi connectivity index (χ0n) is 84.1. The Morgan fingerprint density at radius 3 is 1.24 bits per heavy atom. The van der Waals surface area contributed by atoms with Gasteiger partial charge in [0.2, 0.25) is 0 Å². The van der Waals surface area contributed by atoms with Crippen LogP contribution in [0.2, 0.25) is 15.1 Å². The maximum Gasteiger partial charge on any atom is 0.497 e. The number of halogens is 15. The lowest BCUT2D eigenvalue weighted by Crippen LogP contribution is -2.41. The van der Waals surface area contributed by atoms with Crippen molar-refractivity contribution in [1.82, 2.24) is 54.1 Å². The molecule has 1 saturated carbocycles. The van der Waals surface area contributed by atoms with Gasteiger partial charge >= 0.3 is 31.2 Å². The summed E-state index contributed by atoms with van der Waals surface area (Å²) in [5.74, 6) is 4.35. The van der Waals surface area contributed by atoms with Gasteiger partial charge in [-0.3, -0.25) is 33.1 Å². The maximum absolute atomic E-state index is 14.2. The number of esters is 2. The first-order valence-electron chi connectivity index (χ1n) is 46.3. The number of rotatable bonds is 18. The molecule has 12 N–H and O–H groups in total. The van der Waals surface area contributed by atoms with Crippen LogP contribution in [0.5, 0.6) is 0 Å². The van der Waals surface area contributed by atoms with E-state index in [-0.39, 0.29) is 54.8 Å². The Morgan fingerprint density at radius 1 is 0.507 bits per heavy atom. The van der Waals surface area contributed by atoms with Gasteiger partial charge in [-0.15, -0.1) is 0 Å². The van der Waals surface area contributed by atoms with Crippen LogP contribution in [0.1, 0.15) is 222 Å². The number of nitrogen functional groups attached to an aromatic ring is 3. The van der Waals surface area contributed by atoms with Gasteiger partial charge in [-0.1, -0.05) is 70.8 Å². The van der Waals surface area contributed by atoms with Gasteiger partial charge in [-0.25, -0.2) is 41.3 Å². The highest BCUT2D eigenvalue weighted by atomic mass is 79.9. The van der Waals surface area contributed by atoms with E-state index in [1.165, 1.54) is 36.4 Å². The number of fused-ring (bicyclic) bond motifs is 6. The van der Waals surface area contributed by atoms with Crippen molar-refractivity contribution in [3.63, 3.8) is 0 Å². The van der Waals surface area contributed by atoms with E-state index in [4.69, 9.17) is 86.6 Å². The molecule has 8 heterocycles. The summed E-state index contributed by atoms with van der Waals surface area (Å²) in [7, 11) is 4.86. The number of aryl methyl sites for hydroxylation is 3. The number of benzene rings is 6. The number of aliphatic hydroxyl groups is 3. The molecular weight excluding hydrogens is 2070 g/mol. The van der Waals surface area contributed by atoms with Crippen LogP contribution in [-0.4, -0.2) is 139 Å². The van der Waals surface area contributed by atoms with Crippen molar-refractivity contribution in [2.75, 3.05) is 17.2 Å². The zero-order valence-corrected chi connectivity index (χ0v) is 87.9. The van der Waals surface area contributed by atoms with Gasteiger partial charge in [0.15, 0.2) is 23.1 Å². The quantitative estimate of drug-likeness (QED) is 0.0171. The number of hydrogen-bond acceptors (Lipinski definition) is 21. The van der Waals surface area contributed by atoms with Gasteiger partial charge in [0.05, 0.1) is 94.9 Å². The lowest BCUT2D eigenvalue weighted by Gasteiger charge is -2.32. The van der Waals surface area contributed by atoms with Crippen LogP contribution in [0.25, 0.3) is 55.0 Å². The highest BCUT2D eigenvalue weighted by Crippen LogP contribution is 2.68. The molecular formula is C106H109BBrCl3F11N15O11. The maximum atomic E-state index is 14.2. The summed E-state index contributed by atoms with van der Waals surface area (Å²) in [6.45, 7) is 27.0. The van der Waals surface area contributed by atoms with Crippen molar-refractivity contribution >= 4 is 131 Å². The number of alkyl halides is 5. The molecule has 16 rings (SSSR count). The zero-order chi connectivity index (χ0) is 110. The number of aliphatic carboxylic acids is 1. The van der Waals surface area contributed by atoms with Crippen LogP contribution < -0.4 is 28.4 Å². The fraction of sp³-hybridized carbons (Fsp3) is 0.377. The second-order valence-electron chi connectivity index (χ2n) is 40.6. The molecule has 13 aromatic rings. The fourth-order valence-electron chi connectivity index (χ4n) is 17.0. The molecule has 26 nitrogen and oxygen atoms in total. The summed E-state index contributed by atoms with van der Waals surface area (Å²) >= 11 is 22.6. The van der Waals surface area contributed by atoms with E-state index in [0.717, 1.165) is 40.1 Å². The average molecular weight is 2180 g/mol. The smallest absolute Gasteiger partial charge is 0.480 e. The molecule has 0 amide bonds. The second kappa shape index (κ2) is 43.8. The molecule has 1 aliphatic heterocycles. The Kier molecular flexibility index (Phi) is 33.8. The molecule has 1 saturated heterocycles. The average Bonchev–Trinajstić information content (AvgIpc) is 1.51. The monoisotopic (exact) mass is 2170 g/mol. The number of aromatic nitrogens is 11. The number of nitrogens with two attached hydrogens (primary N) is 4. The second-order valence-corrected chi connectivity index (χ2v) is 42.7. The van der Waals surface area contributed by atoms with Gasteiger partial charge in [0.25, 0.3) is 5.92 Å². The molecule has 2 aliphatic carbocycles. The Morgan fingerprint density at radius 2 is 0.851 bits per heavy atom. The Bertz CT molecular complexity index is 7440. The minimum Gasteiger partial charge on any atom is -0.480 e. The molecule has 7 aromatic heterocycles. The van der Waals surface area contributed by atoms with E-state index < -0.39 is 164 Å². The number of ether oxygens (including phenoxy) is 2. The molecule has 2 fully saturated rings. The van der Waals surface area contributed by atoms with Crippen LogP contribution in [0.3, 0.4) is 0 Å². The van der Waals surface area contributed by atoms with E-state index in [1.807, 2.05) is 59.0 Å². The first-order chi connectivity index (χ1) is 68.4. The fourth-order valence-corrected chi connectivity index (χ4v) is 18.3. The van der Waals surface area contributed by atoms with E-state index >= 15 is 0 Å². The number of pyridine rings is 3. The van der Waals surface area contributed by atoms with Gasteiger partial charge < -0.3 is 62.1 Å². The lowest BCUT2D eigenvalue weighted by atomic mass is 9.78. The van der Waals surface area contributed by atoms with Crippen molar-refractivity contribution in [3.05, 3.63) is 250 Å². The van der Waals surface area contributed by atoms with Crippen molar-refractivity contribution in [2.24, 2.45) is 32.8 Å². The van der Waals surface area contributed by atoms with E-state index in [2.05, 4.69) is 81.8 Å². The predicted molar refractivity (Wildman–Crippen MR) is 547 cm³/mol. The van der Waals surface area contributed by atoms with Crippen molar-refractivity contribution in [3.8, 4) is 57.8 Å². The summed E-state index contributed by atoms with van der Waals surface area (Å²) in [5.41, 5.74) is 25.6.